The zero-order chi connectivity index (χ0) is 12.7. The van der Waals surface area contributed by atoms with Crippen molar-refractivity contribution < 1.29 is 0 Å². The van der Waals surface area contributed by atoms with Crippen LogP contribution in [-0.4, -0.2) is 15.0 Å². The third kappa shape index (κ3) is 4.24. The molecule has 0 aliphatic carbocycles. The van der Waals surface area contributed by atoms with E-state index in [9.17, 15) is 0 Å². The highest BCUT2D eigenvalue weighted by Gasteiger charge is 1.98. The molecule has 2 heterocycles. The van der Waals surface area contributed by atoms with Gasteiger partial charge in [-0.25, -0.2) is 15.0 Å². The summed E-state index contributed by atoms with van der Waals surface area (Å²) in [6.07, 6.45) is 1.37. The van der Waals surface area contributed by atoms with Gasteiger partial charge in [-0.05, 0) is 12.1 Å². The molecule has 5 nitrogen and oxygen atoms in total. The van der Waals surface area contributed by atoms with Gasteiger partial charge in [0.25, 0.3) is 0 Å². The molecular weight excluding hydrogens is 238 g/mol. The van der Waals surface area contributed by atoms with Crippen molar-refractivity contribution in [2.75, 3.05) is 11.1 Å². The summed E-state index contributed by atoms with van der Waals surface area (Å²) < 4.78 is 0. The first-order valence-corrected chi connectivity index (χ1v) is 5.59. The topological polar surface area (TPSA) is 76.7 Å². The molecule has 0 aliphatic heterocycles. The number of pyridine rings is 1. The zero-order valence-electron chi connectivity index (χ0n) is 9.68. The maximum atomic E-state index is 5.71. The minimum Gasteiger partial charge on any atom is -0.384 e. The van der Waals surface area contributed by atoms with Crippen molar-refractivity contribution in [2.45, 2.75) is 13.8 Å². The monoisotopic (exact) mass is 251 g/mol. The molecule has 0 bridgehead atoms. The van der Waals surface area contributed by atoms with E-state index in [4.69, 9.17) is 17.3 Å². The van der Waals surface area contributed by atoms with Crippen molar-refractivity contribution in [2.24, 2.45) is 0 Å². The van der Waals surface area contributed by atoms with Crippen molar-refractivity contribution in [1.82, 2.24) is 15.0 Å². The number of aromatic nitrogens is 3. The number of hydrogen-bond donors (Lipinski definition) is 2. The first-order chi connectivity index (χ1) is 8.24. The van der Waals surface area contributed by atoms with Gasteiger partial charge in [-0.2, -0.15) is 0 Å². The molecule has 2 aromatic rings. The Bertz CT molecular complexity index is 431. The number of nitrogens with zero attached hydrogens (tertiary/aromatic N) is 3. The molecule has 2 aromatic heterocycles. The van der Waals surface area contributed by atoms with Crippen LogP contribution in [0.1, 0.15) is 13.8 Å². The second-order valence-corrected chi connectivity index (χ2v) is 3.19. The standard InChI is InChI=1S/C9H8ClN5.C2H6/c10-6-4-9(13-5-12-6)15-8-3-1-2-7(11)14-8;1-2/h1-5H,(H3,11,12,13,14,15);1-2H3. The highest BCUT2D eigenvalue weighted by atomic mass is 35.5. The van der Waals surface area contributed by atoms with Gasteiger partial charge < -0.3 is 11.1 Å². The predicted molar refractivity (Wildman–Crippen MR) is 70.3 cm³/mol. The van der Waals surface area contributed by atoms with E-state index in [1.165, 1.54) is 6.33 Å². The lowest BCUT2D eigenvalue weighted by Crippen LogP contribution is -1.98. The van der Waals surface area contributed by atoms with Crippen molar-refractivity contribution in [3.63, 3.8) is 0 Å². The largest absolute Gasteiger partial charge is 0.384 e. The summed E-state index contributed by atoms with van der Waals surface area (Å²) in [5.41, 5.74) is 5.53. The van der Waals surface area contributed by atoms with E-state index in [2.05, 4.69) is 20.3 Å². The normalized spacial score (nSPS) is 9.12. The molecule has 0 aliphatic rings. The van der Waals surface area contributed by atoms with Crippen molar-refractivity contribution in [1.29, 1.82) is 0 Å². The summed E-state index contributed by atoms with van der Waals surface area (Å²) >= 11 is 5.71. The molecule has 0 spiro atoms. The third-order valence-corrected chi connectivity index (χ3v) is 1.87. The van der Waals surface area contributed by atoms with Gasteiger partial charge in [0.2, 0.25) is 0 Å². The molecule has 17 heavy (non-hydrogen) atoms. The predicted octanol–water partition coefficient (Wildman–Crippen LogP) is 2.88. The number of anilines is 3. The average molecular weight is 252 g/mol. The lowest BCUT2D eigenvalue weighted by atomic mass is 10.4. The summed E-state index contributed by atoms with van der Waals surface area (Å²) in [7, 11) is 0. The van der Waals surface area contributed by atoms with E-state index in [-0.39, 0.29) is 0 Å². The second kappa shape index (κ2) is 6.65. The summed E-state index contributed by atoms with van der Waals surface area (Å²) in [5, 5.41) is 3.33. The average Bonchev–Trinajstić information content (AvgIpc) is 2.31. The highest BCUT2D eigenvalue weighted by molar-refractivity contribution is 6.29. The van der Waals surface area contributed by atoms with E-state index < -0.39 is 0 Å². The minimum atomic E-state index is 0.372. The number of nitrogens with two attached hydrogens (primary N) is 1. The molecule has 0 fully saturated rings. The fourth-order valence-electron chi connectivity index (χ4n) is 1.05. The van der Waals surface area contributed by atoms with Gasteiger partial charge in [0.05, 0.1) is 0 Å². The Morgan fingerprint density at radius 2 is 1.94 bits per heavy atom. The van der Waals surface area contributed by atoms with Crippen molar-refractivity contribution >= 4 is 29.1 Å². The smallest absolute Gasteiger partial charge is 0.136 e. The molecule has 3 N–H and O–H groups in total. The summed E-state index contributed by atoms with van der Waals surface area (Å²) in [4.78, 5) is 11.8. The molecule has 0 saturated heterocycles. The summed E-state index contributed by atoms with van der Waals surface area (Å²) in [6.45, 7) is 4.00. The van der Waals surface area contributed by atoms with Crippen LogP contribution in [0.2, 0.25) is 5.15 Å². The Morgan fingerprint density at radius 3 is 2.59 bits per heavy atom. The van der Waals surface area contributed by atoms with Crippen molar-refractivity contribution in [3.8, 4) is 0 Å². The van der Waals surface area contributed by atoms with E-state index in [1.54, 1.807) is 24.3 Å². The second-order valence-electron chi connectivity index (χ2n) is 2.80. The maximum Gasteiger partial charge on any atom is 0.136 e. The highest BCUT2D eigenvalue weighted by Crippen LogP contribution is 2.14. The van der Waals surface area contributed by atoms with E-state index in [0.717, 1.165) is 0 Å². The molecule has 0 saturated carbocycles. The fraction of sp³-hybridized carbons (Fsp3) is 0.182. The van der Waals surface area contributed by atoms with Crippen LogP contribution in [0.15, 0.2) is 30.6 Å². The van der Waals surface area contributed by atoms with Crippen LogP contribution in [0.4, 0.5) is 17.5 Å². The first kappa shape index (κ1) is 13.2. The van der Waals surface area contributed by atoms with Gasteiger partial charge >= 0.3 is 0 Å². The Morgan fingerprint density at radius 1 is 1.18 bits per heavy atom. The Labute approximate surface area is 105 Å². The molecular formula is C11H14ClN5. The third-order valence-electron chi connectivity index (χ3n) is 1.66. The van der Waals surface area contributed by atoms with Crippen LogP contribution >= 0.6 is 11.6 Å². The molecule has 2 rings (SSSR count). The Balaban J connectivity index is 0.000000686. The van der Waals surface area contributed by atoms with Crippen molar-refractivity contribution in [3.05, 3.63) is 35.7 Å². The van der Waals surface area contributed by atoms with E-state index >= 15 is 0 Å². The fourth-order valence-corrected chi connectivity index (χ4v) is 1.20. The molecule has 90 valence electrons. The number of hydrogen-bond acceptors (Lipinski definition) is 5. The van der Waals surface area contributed by atoms with Crippen LogP contribution < -0.4 is 11.1 Å². The molecule has 6 heteroatoms. The van der Waals surface area contributed by atoms with Gasteiger partial charge in [0, 0.05) is 6.07 Å². The molecule has 0 atom stereocenters. The summed E-state index contributed by atoms with van der Waals surface area (Å²) in [5.74, 6) is 1.64. The van der Waals surface area contributed by atoms with Gasteiger partial charge in [-0.3, -0.25) is 0 Å². The van der Waals surface area contributed by atoms with Crippen LogP contribution in [0.25, 0.3) is 0 Å². The molecule has 0 amide bonds. The molecule has 0 aromatic carbocycles. The van der Waals surface area contributed by atoms with Crippen LogP contribution in [0.3, 0.4) is 0 Å². The number of nitrogen functional groups attached to an aromatic ring is 1. The first-order valence-electron chi connectivity index (χ1n) is 5.21. The molecule has 0 radical (unpaired) electrons. The lowest BCUT2D eigenvalue weighted by Gasteiger charge is -2.04. The quantitative estimate of drug-likeness (QED) is 0.803. The van der Waals surface area contributed by atoms with Gasteiger partial charge in [-0.1, -0.05) is 31.5 Å². The molecule has 0 unspecified atom stereocenters. The zero-order valence-corrected chi connectivity index (χ0v) is 10.4. The summed E-state index contributed by atoms with van der Waals surface area (Å²) in [6, 6.07) is 6.89. The van der Waals surface area contributed by atoms with Crippen LogP contribution in [0.5, 0.6) is 0 Å². The van der Waals surface area contributed by atoms with E-state index in [1.807, 2.05) is 13.8 Å². The lowest BCUT2D eigenvalue weighted by molar-refractivity contribution is 1.16. The van der Waals surface area contributed by atoms with Gasteiger partial charge in [0.15, 0.2) is 0 Å². The Kier molecular flexibility index (Phi) is 5.16. The minimum absolute atomic E-state index is 0.372. The number of nitrogens with one attached hydrogen (secondary N) is 1. The van der Waals surface area contributed by atoms with Gasteiger partial charge in [0.1, 0.15) is 28.9 Å². The maximum absolute atomic E-state index is 5.71. The van der Waals surface area contributed by atoms with Gasteiger partial charge in [-0.15, -0.1) is 0 Å². The van der Waals surface area contributed by atoms with E-state index in [0.29, 0.717) is 22.6 Å². The number of rotatable bonds is 2. The Hall–Kier alpha value is -1.88. The number of halogens is 1. The van der Waals surface area contributed by atoms with Crippen LogP contribution in [0, 0.1) is 0 Å². The SMILES string of the molecule is CC.Nc1cccc(Nc2cc(Cl)ncn2)n1. The van der Waals surface area contributed by atoms with Crippen LogP contribution in [-0.2, 0) is 0 Å².